The molecule has 1 amide bonds. The van der Waals surface area contributed by atoms with E-state index in [9.17, 15) is 18.0 Å². The molecule has 1 aromatic carbocycles. The summed E-state index contributed by atoms with van der Waals surface area (Å²) in [4.78, 5) is 23.7. The molecule has 2 saturated heterocycles. The van der Waals surface area contributed by atoms with Crippen molar-refractivity contribution >= 4 is 17.4 Å². The van der Waals surface area contributed by atoms with Crippen molar-refractivity contribution in [3.8, 4) is 6.01 Å². The zero-order chi connectivity index (χ0) is 27.3. The summed E-state index contributed by atoms with van der Waals surface area (Å²) in [7, 11) is 3.08. The van der Waals surface area contributed by atoms with Crippen LogP contribution in [0.2, 0.25) is 0 Å². The van der Waals surface area contributed by atoms with Crippen LogP contribution >= 0.6 is 0 Å². The smallest absolute Gasteiger partial charge is 0.416 e. The molecule has 0 saturated carbocycles. The second kappa shape index (κ2) is 12.3. The number of likely N-dealkylation sites (tertiary alicyclic amines) is 1. The number of hydrogen-bond acceptors (Lipinski definition) is 8. The quantitative estimate of drug-likeness (QED) is 0.525. The van der Waals surface area contributed by atoms with Crippen LogP contribution < -0.4 is 15.4 Å². The molecule has 0 bridgehead atoms. The van der Waals surface area contributed by atoms with Crippen molar-refractivity contribution in [2.75, 3.05) is 52.4 Å². The molecule has 9 nitrogen and oxygen atoms in total. The third-order valence-electron chi connectivity index (χ3n) is 7.16. The lowest BCUT2D eigenvalue weighted by Gasteiger charge is -2.35. The number of carbonyl (C=O) groups is 1. The van der Waals surface area contributed by atoms with E-state index in [1.54, 1.807) is 18.9 Å². The van der Waals surface area contributed by atoms with Gasteiger partial charge in [0.15, 0.2) is 0 Å². The molecule has 3 heterocycles. The zero-order valence-electron chi connectivity index (χ0n) is 21.8. The number of carbonyl (C=O) groups excluding carboxylic acids is 1. The summed E-state index contributed by atoms with van der Waals surface area (Å²) >= 11 is 0. The van der Waals surface area contributed by atoms with Gasteiger partial charge in [0.2, 0.25) is 0 Å². The van der Waals surface area contributed by atoms with E-state index in [2.05, 4.69) is 20.6 Å². The number of halogens is 3. The Kier molecular flexibility index (Phi) is 9.06. The highest BCUT2D eigenvalue weighted by Gasteiger charge is 2.31. The predicted octanol–water partition coefficient (Wildman–Crippen LogP) is 3.80. The third kappa shape index (κ3) is 6.72. The molecule has 0 aliphatic carbocycles. The minimum atomic E-state index is -4.48. The lowest BCUT2D eigenvalue weighted by Crippen LogP contribution is -2.48. The second-order valence-electron chi connectivity index (χ2n) is 9.61. The van der Waals surface area contributed by atoms with Gasteiger partial charge in [0.25, 0.3) is 5.91 Å². The first kappa shape index (κ1) is 28.1. The molecule has 2 aliphatic heterocycles. The Hall–Kier alpha value is -2.96. The van der Waals surface area contributed by atoms with Crippen LogP contribution in [0.25, 0.3) is 0 Å². The largest absolute Gasteiger partial charge is 0.467 e. The van der Waals surface area contributed by atoms with Crippen LogP contribution in [-0.4, -0.2) is 80.0 Å². The van der Waals surface area contributed by atoms with Crippen LogP contribution in [0.4, 0.5) is 24.7 Å². The zero-order valence-corrected chi connectivity index (χ0v) is 21.8. The minimum Gasteiger partial charge on any atom is -0.467 e. The normalized spacial score (nSPS) is 20.8. The number of nitrogens with zero attached hydrogens (tertiary/aromatic N) is 3. The highest BCUT2D eigenvalue weighted by Crippen LogP contribution is 2.32. The van der Waals surface area contributed by atoms with Gasteiger partial charge in [-0.15, -0.1) is 0 Å². The van der Waals surface area contributed by atoms with Gasteiger partial charge in [-0.1, -0.05) is 6.07 Å². The van der Waals surface area contributed by atoms with Crippen molar-refractivity contribution in [1.82, 2.24) is 20.2 Å². The van der Waals surface area contributed by atoms with Gasteiger partial charge in [0.1, 0.15) is 11.5 Å². The van der Waals surface area contributed by atoms with Gasteiger partial charge in [-0.05, 0) is 44.4 Å². The van der Waals surface area contributed by atoms with E-state index in [-0.39, 0.29) is 35.2 Å². The molecule has 208 valence electrons. The summed E-state index contributed by atoms with van der Waals surface area (Å²) in [6.07, 6.45) is -1.84. The number of hydrogen-bond donors (Lipinski definition) is 2. The molecule has 12 heteroatoms. The van der Waals surface area contributed by atoms with Gasteiger partial charge in [-0.3, -0.25) is 4.79 Å². The minimum absolute atomic E-state index is 0.0471. The molecule has 1 aromatic heterocycles. The topological polar surface area (TPSA) is 97.8 Å². The molecule has 2 atom stereocenters. The Balaban J connectivity index is 1.41. The molecule has 2 aliphatic rings. The van der Waals surface area contributed by atoms with Crippen molar-refractivity contribution in [3.63, 3.8) is 0 Å². The number of aromatic nitrogens is 2. The molecular formula is C26H34F3N5O4. The maximum Gasteiger partial charge on any atom is 0.416 e. The van der Waals surface area contributed by atoms with Crippen molar-refractivity contribution < 1.29 is 32.2 Å². The first-order chi connectivity index (χ1) is 18.2. The fourth-order valence-electron chi connectivity index (χ4n) is 4.83. The Morgan fingerprint density at radius 2 is 1.95 bits per heavy atom. The van der Waals surface area contributed by atoms with Crippen LogP contribution in [0.15, 0.2) is 24.3 Å². The molecule has 0 radical (unpaired) electrons. The predicted molar refractivity (Wildman–Crippen MR) is 135 cm³/mol. The van der Waals surface area contributed by atoms with E-state index >= 15 is 0 Å². The number of alkyl halides is 3. The molecule has 38 heavy (non-hydrogen) atoms. The third-order valence-corrected chi connectivity index (χ3v) is 7.16. The van der Waals surface area contributed by atoms with E-state index in [0.717, 1.165) is 44.5 Å². The second-order valence-corrected chi connectivity index (χ2v) is 9.61. The monoisotopic (exact) mass is 537 g/mol. The number of rotatable bonds is 8. The molecule has 2 aromatic rings. The molecule has 1 unspecified atom stereocenters. The Labute approximate surface area is 220 Å². The number of ether oxygens (including phenoxy) is 3. The maximum absolute atomic E-state index is 13.4. The number of benzene rings is 1. The standard InChI is InChI=1S/C26H34F3N5O4/c1-16-22(32-25(37-3)33-23(16)31-20-6-4-5-18(13-20)26(27,28)29)24(35)34-10-7-19(8-11-34)30-14-17-9-12-38-15-21(17)36-2/h4-6,13,17,19,21,30H,7-12,14-15H2,1-3H3,(H,31,32,33)/t17?,21-/m1/s1. The summed E-state index contributed by atoms with van der Waals surface area (Å²) in [5, 5.41) is 6.52. The summed E-state index contributed by atoms with van der Waals surface area (Å²) in [5.74, 6) is 0.338. The van der Waals surface area contributed by atoms with Gasteiger partial charge in [0, 0.05) is 56.6 Å². The van der Waals surface area contributed by atoms with Crippen LogP contribution in [0.3, 0.4) is 0 Å². The summed E-state index contributed by atoms with van der Waals surface area (Å²) < 4.78 is 55.7. The van der Waals surface area contributed by atoms with E-state index in [0.29, 0.717) is 37.2 Å². The Morgan fingerprint density at radius 1 is 1.18 bits per heavy atom. The first-order valence-corrected chi connectivity index (χ1v) is 12.7. The summed E-state index contributed by atoms with van der Waals surface area (Å²) in [6, 6.07) is 5.03. The van der Waals surface area contributed by atoms with Crippen molar-refractivity contribution in [2.45, 2.75) is 44.5 Å². The van der Waals surface area contributed by atoms with Crippen LogP contribution in [-0.2, 0) is 15.7 Å². The van der Waals surface area contributed by atoms with E-state index in [1.807, 2.05) is 0 Å². The van der Waals surface area contributed by atoms with Gasteiger partial charge in [-0.2, -0.15) is 23.1 Å². The van der Waals surface area contributed by atoms with Gasteiger partial charge in [-0.25, -0.2) is 0 Å². The lowest BCUT2D eigenvalue weighted by molar-refractivity contribution is -0.137. The fraction of sp³-hybridized carbons (Fsp3) is 0.577. The van der Waals surface area contributed by atoms with Crippen molar-refractivity contribution in [2.24, 2.45) is 5.92 Å². The maximum atomic E-state index is 13.4. The highest BCUT2D eigenvalue weighted by molar-refractivity contribution is 5.95. The van der Waals surface area contributed by atoms with Crippen LogP contribution in [0.1, 0.15) is 40.9 Å². The molecular weight excluding hydrogens is 503 g/mol. The molecule has 2 fully saturated rings. The SMILES string of the molecule is COc1nc(Nc2cccc(C(F)(F)F)c2)c(C)c(C(=O)N2CCC(NCC3CCOC[C@H]3OC)CC2)n1. The van der Waals surface area contributed by atoms with Crippen LogP contribution in [0.5, 0.6) is 6.01 Å². The summed E-state index contributed by atoms with van der Waals surface area (Å²) in [5.41, 5.74) is -0.0146. The lowest BCUT2D eigenvalue weighted by atomic mass is 9.95. The molecule has 2 N–H and O–H groups in total. The van der Waals surface area contributed by atoms with Gasteiger partial charge >= 0.3 is 12.2 Å². The number of anilines is 2. The number of methoxy groups -OCH3 is 2. The van der Waals surface area contributed by atoms with E-state index in [1.165, 1.54) is 19.2 Å². The number of amides is 1. The number of piperidine rings is 1. The Morgan fingerprint density at radius 3 is 2.63 bits per heavy atom. The van der Waals surface area contributed by atoms with Crippen molar-refractivity contribution in [1.29, 1.82) is 0 Å². The van der Waals surface area contributed by atoms with E-state index in [4.69, 9.17) is 14.2 Å². The Bertz CT molecular complexity index is 1110. The average molecular weight is 538 g/mol. The first-order valence-electron chi connectivity index (χ1n) is 12.7. The fourth-order valence-corrected chi connectivity index (χ4v) is 4.83. The van der Waals surface area contributed by atoms with E-state index < -0.39 is 11.7 Å². The highest BCUT2D eigenvalue weighted by atomic mass is 19.4. The molecule has 0 spiro atoms. The average Bonchev–Trinajstić information content (AvgIpc) is 2.92. The molecule has 4 rings (SSSR count). The van der Waals surface area contributed by atoms with Gasteiger partial charge in [0.05, 0.1) is 25.4 Å². The van der Waals surface area contributed by atoms with Crippen LogP contribution in [0, 0.1) is 12.8 Å². The summed E-state index contributed by atoms with van der Waals surface area (Å²) in [6.45, 7) is 4.97. The van der Waals surface area contributed by atoms with Gasteiger partial charge < -0.3 is 29.7 Å². The van der Waals surface area contributed by atoms with Crippen molar-refractivity contribution in [3.05, 3.63) is 41.1 Å². The number of nitrogens with one attached hydrogen (secondary N) is 2.